The molecule has 0 aliphatic carbocycles. The van der Waals surface area contributed by atoms with E-state index in [-0.39, 0.29) is 5.82 Å². The first-order valence-electron chi connectivity index (χ1n) is 7.48. The first kappa shape index (κ1) is 18.4. The first-order chi connectivity index (χ1) is 11.5. The van der Waals surface area contributed by atoms with Crippen molar-refractivity contribution in [1.29, 1.82) is 0 Å². The number of alkyl halides is 2. The Labute approximate surface area is 141 Å². The molecule has 0 radical (unpaired) electrons. The number of anilines is 1. The van der Waals surface area contributed by atoms with Gasteiger partial charge in [0.05, 0.1) is 6.10 Å². The van der Waals surface area contributed by atoms with Gasteiger partial charge in [-0.15, -0.1) is 0 Å². The first-order valence-corrected chi connectivity index (χ1v) is 8.95. The summed E-state index contributed by atoms with van der Waals surface area (Å²) in [5.41, 5.74) is 1.88. The van der Waals surface area contributed by atoms with E-state index in [1.165, 1.54) is 6.07 Å². The van der Waals surface area contributed by atoms with Crippen molar-refractivity contribution >= 4 is 13.6 Å². The molecule has 140 valence electrons. The van der Waals surface area contributed by atoms with Crippen LogP contribution in [0.3, 0.4) is 0 Å². The summed E-state index contributed by atoms with van der Waals surface area (Å²) in [4.78, 5) is 15.4. The molecule has 3 rings (SSSR count). The van der Waals surface area contributed by atoms with E-state index in [2.05, 4.69) is 4.98 Å². The second-order valence-electron chi connectivity index (χ2n) is 6.31. The van der Waals surface area contributed by atoms with E-state index in [1.807, 2.05) is 0 Å². The third kappa shape index (κ3) is 3.11. The van der Waals surface area contributed by atoms with Crippen LogP contribution in [-0.2, 0) is 22.9 Å². The van der Waals surface area contributed by atoms with Crippen molar-refractivity contribution in [3.05, 3.63) is 22.7 Å². The van der Waals surface area contributed by atoms with Crippen LogP contribution >= 0.6 is 7.82 Å². The summed E-state index contributed by atoms with van der Waals surface area (Å²) in [5.74, 6) is -2.84. The van der Waals surface area contributed by atoms with Gasteiger partial charge in [0.15, 0.2) is 18.0 Å². The second-order valence-corrected chi connectivity index (χ2v) is 7.88. The van der Waals surface area contributed by atoms with E-state index >= 15 is 8.78 Å². The molecule has 9 nitrogen and oxygen atoms in total. The molecular formula is C13H18F2N3O6P. The number of hydrogen-bond donors (Lipinski definition) is 1. The van der Waals surface area contributed by atoms with E-state index in [4.69, 9.17) is 24.0 Å². The van der Waals surface area contributed by atoms with Crippen molar-refractivity contribution in [1.82, 2.24) is 9.55 Å². The molecule has 0 bridgehead atoms. The minimum Gasteiger partial charge on any atom is -0.383 e. The van der Waals surface area contributed by atoms with Gasteiger partial charge in [-0.1, -0.05) is 0 Å². The van der Waals surface area contributed by atoms with E-state index in [9.17, 15) is 9.36 Å². The summed E-state index contributed by atoms with van der Waals surface area (Å²) >= 11 is 0. The number of nitrogen functional groups attached to an aromatic ring is 1. The second kappa shape index (κ2) is 5.82. The zero-order chi connectivity index (χ0) is 18.6. The molecule has 0 spiro atoms. The Balaban J connectivity index is 1.97. The Kier molecular flexibility index (Phi) is 4.28. The van der Waals surface area contributed by atoms with Gasteiger partial charge in [-0.2, -0.15) is 4.98 Å². The van der Waals surface area contributed by atoms with Crippen LogP contribution < -0.4 is 11.4 Å². The molecule has 2 saturated heterocycles. The average Bonchev–Trinajstić information content (AvgIpc) is 2.67. The SMILES string of the molecule is CC(C)OP1(=O)OC[C@@]2(F)O[C@@H](n3ccc(N)nc3=O)[C@](C)(F)[C@@H]2O1. The molecule has 1 aromatic heterocycles. The number of phosphoric acid groups is 1. The molecule has 3 heterocycles. The van der Waals surface area contributed by atoms with Crippen LogP contribution in [0.2, 0.25) is 0 Å². The maximum atomic E-state index is 15.4. The number of hydrogen-bond acceptors (Lipinski definition) is 8. The standard InChI is InChI=1S/C13H18F2N3O6P/c1-7(2)23-25(20)21-6-13(15)9(24-25)12(3,14)10(22-13)18-5-4-8(16)17-11(18)19/h4-5,7,9-10H,6H2,1-3H3,(H2,16,17,19)/t9-,10+,12+,13+,25?/m0/s1. The summed E-state index contributed by atoms with van der Waals surface area (Å²) in [5, 5.41) is 0. The van der Waals surface area contributed by atoms with Crippen LogP contribution in [0, 0.1) is 0 Å². The maximum Gasteiger partial charge on any atom is 0.475 e. The molecule has 0 saturated carbocycles. The molecule has 5 atom stereocenters. The molecule has 1 unspecified atom stereocenters. The molecule has 25 heavy (non-hydrogen) atoms. The predicted molar refractivity (Wildman–Crippen MR) is 81.0 cm³/mol. The van der Waals surface area contributed by atoms with E-state index < -0.39 is 50.1 Å². The van der Waals surface area contributed by atoms with Crippen molar-refractivity contribution in [2.45, 2.75) is 50.7 Å². The Bertz CT molecular complexity index is 787. The summed E-state index contributed by atoms with van der Waals surface area (Å²) in [6, 6.07) is 1.23. The van der Waals surface area contributed by atoms with Crippen LogP contribution in [0.15, 0.2) is 17.1 Å². The van der Waals surface area contributed by atoms with Gasteiger partial charge in [-0.05, 0) is 26.8 Å². The highest BCUT2D eigenvalue weighted by molar-refractivity contribution is 7.48. The van der Waals surface area contributed by atoms with Crippen LogP contribution in [0.25, 0.3) is 0 Å². The highest BCUT2D eigenvalue weighted by Crippen LogP contribution is 2.63. The van der Waals surface area contributed by atoms with Crippen molar-refractivity contribution in [2.24, 2.45) is 0 Å². The number of ether oxygens (including phenoxy) is 1. The van der Waals surface area contributed by atoms with Gasteiger partial charge in [0.25, 0.3) is 5.85 Å². The lowest BCUT2D eigenvalue weighted by atomic mass is 9.97. The van der Waals surface area contributed by atoms with Gasteiger partial charge < -0.3 is 10.5 Å². The fourth-order valence-corrected chi connectivity index (χ4v) is 4.42. The Morgan fingerprint density at radius 1 is 1.52 bits per heavy atom. The third-order valence-electron chi connectivity index (χ3n) is 3.79. The van der Waals surface area contributed by atoms with Crippen molar-refractivity contribution in [3.63, 3.8) is 0 Å². The van der Waals surface area contributed by atoms with Gasteiger partial charge in [-0.3, -0.25) is 18.1 Å². The van der Waals surface area contributed by atoms with Gasteiger partial charge in [0.1, 0.15) is 12.4 Å². The summed E-state index contributed by atoms with van der Waals surface area (Å²) in [7, 11) is -4.18. The number of aromatic nitrogens is 2. The van der Waals surface area contributed by atoms with E-state index in [0.29, 0.717) is 0 Å². The lowest BCUT2D eigenvalue weighted by Gasteiger charge is -2.36. The zero-order valence-electron chi connectivity index (χ0n) is 13.7. The monoisotopic (exact) mass is 381 g/mol. The van der Waals surface area contributed by atoms with E-state index in [0.717, 1.165) is 17.7 Å². The molecule has 2 N–H and O–H groups in total. The summed E-state index contributed by atoms with van der Waals surface area (Å²) in [6.45, 7) is 3.21. The summed E-state index contributed by atoms with van der Waals surface area (Å²) < 4.78 is 63.5. The Morgan fingerprint density at radius 3 is 2.80 bits per heavy atom. The fraction of sp³-hybridized carbons (Fsp3) is 0.692. The van der Waals surface area contributed by atoms with Gasteiger partial charge in [0, 0.05) is 6.20 Å². The number of nitrogens with two attached hydrogens (primary N) is 1. The molecular weight excluding hydrogens is 363 g/mol. The number of rotatable bonds is 3. The van der Waals surface area contributed by atoms with Gasteiger partial charge in [-0.25, -0.2) is 18.1 Å². The third-order valence-corrected chi connectivity index (χ3v) is 5.39. The smallest absolute Gasteiger partial charge is 0.383 e. The van der Waals surface area contributed by atoms with Crippen LogP contribution in [-0.4, -0.2) is 39.9 Å². The zero-order valence-corrected chi connectivity index (χ0v) is 14.6. The quantitative estimate of drug-likeness (QED) is 0.787. The highest BCUT2D eigenvalue weighted by Gasteiger charge is 2.70. The highest BCUT2D eigenvalue weighted by atomic mass is 31.2. The van der Waals surface area contributed by atoms with Crippen molar-refractivity contribution < 1.29 is 31.7 Å². The van der Waals surface area contributed by atoms with Gasteiger partial charge in [0.2, 0.25) is 0 Å². The molecule has 0 aromatic carbocycles. The normalized spacial score (nSPS) is 41.0. The maximum absolute atomic E-state index is 15.4. The van der Waals surface area contributed by atoms with Gasteiger partial charge >= 0.3 is 13.5 Å². The number of fused-ring (bicyclic) bond motifs is 1. The molecule has 12 heteroatoms. The lowest BCUT2D eigenvalue weighted by Crippen LogP contribution is -2.51. The van der Waals surface area contributed by atoms with E-state index in [1.54, 1.807) is 13.8 Å². The Hall–Kier alpha value is -1.39. The molecule has 2 aliphatic heterocycles. The fourth-order valence-electron chi connectivity index (χ4n) is 2.78. The lowest BCUT2D eigenvalue weighted by molar-refractivity contribution is -0.221. The summed E-state index contributed by atoms with van der Waals surface area (Å²) in [6.07, 6.45) is -3.10. The molecule has 2 fully saturated rings. The molecule has 0 amide bonds. The van der Waals surface area contributed by atoms with Crippen molar-refractivity contribution in [2.75, 3.05) is 12.3 Å². The molecule has 2 aliphatic rings. The predicted octanol–water partition coefficient (Wildman–Crippen LogP) is 1.70. The largest absolute Gasteiger partial charge is 0.475 e. The minimum absolute atomic E-state index is 0.0818. The topological polar surface area (TPSA) is 115 Å². The number of nitrogens with zero attached hydrogens (tertiary/aromatic N) is 2. The minimum atomic E-state index is -4.18. The van der Waals surface area contributed by atoms with Crippen LogP contribution in [0.5, 0.6) is 0 Å². The van der Waals surface area contributed by atoms with Crippen LogP contribution in [0.4, 0.5) is 14.6 Å². The average molecular weight is 381 g/mol. The van der Waals surface area contributed by atoms with Crippen LogP contribution in [0.1, 0.15) is 27.0 Å². The number of halogens is 2. The van der Waals surface area contributed by atoms with Crippen molar-refractivity contribution in [3.8, 4) is 0 Å². The Morgan fingerprint density at radius 2 is 2.20 bits per heavy atom. The number of phosphoric ester groups is 1. The molecule has 1 aromatic rings.